The normalized spacial score (nSPS) is 21.1. The minimum atomic E-state index is -0.428. The van der Waals surface area contributed by atoms with Crippen molar-refractivity contribution in [1.29, 1.82) is 0 Å². The average Bonchev–Trinajstić information content (AvgIpc) is 2.74. The molecular weight excluding hydrogens is 364 g/mol. The van der Waals surface area contributed by atoms with Crippen molar-refractivity contribution in [2.75, 3.05) is 5.32 Å². The summed E-state index contributed by atoms with van der Waals surface area (Å²) in [5, 5.41) is 10.8. The number of benzene rings is 4. The van der Waals surface area contributed by atoms with E-state index in [2.05, 4.69) is 96.4 Å². The first-order valence-electron chi connectivity index (χ1n) is 9.53. The fraction of sp³-hybridized carbons (Fsp3) is 0.120. The molecule has 1 aliphatic rings. The maximum atomic E-state index is 6.34. The Morgan fingerprint density at radius 2 is 1.57 bits per heavy atom. The van der Waals surface area contributed by atoms with E-state index in [0.717, 1.165) is 16.3 Å². The van der Waals surface area contributed by atoms with Gasteiger partial charge in [0.2, 0.25) is 0 Å². The Bertz CT molecular complexity index is 1150. The minimum absolute atomic E-state index is 0.0418. The Hall–Kier alpha value is -2.81. The predicted molar refractivity (Wildman–Crippen MR) is 118 cm³/mol. The summed E-state index contributed by atoms with van der Waals surface area (Å²) in [4.78, 5) is 0. The summed E-state index contributed by atoms with van der Waals surface area (Å²) in [6, 6.07) is 31.7. The Balaban J connectivity index is 1.70. The molecule has 2 atom stereocenters. The first-order valence-corrected chi connectivity index (χ1v) is 9.90. The summed E-state index contributed by atoms with van der Waals surface area (Å²) in [6.07, 6.45) is 0. The monoisotopic (exact) mass is 384 g/mol. The predicted octanol–water partition coefficient (Wildman–Crippen LogP) is 6.47. The van der Waals surface area contributed by atoms with Crippen LogP contribution in [0.25, 0.3) is 10.8 Å². The van der Waals surface area contributed by atoms with Crippen LogP contribution in [0.1, 0.15) is 29.7 Å². The van der Waals surface area contributed by atoms with Gasteiger partial charge >= 0.3 is 0 Å². The molecule has 5 rings (SSSR count). The summed E-state index contributed by atoms with van der Waals surface area (Å²) in [7, 11) is 0. The van der Waals surface area contributed by atoms with Crippen LogP contribution in [0.5, 0.6) is 0 Å². The number of fused-ring (bicyclic) bond motifs is 2. The van der Waals surface area contributed by atoms with Crippen LogP contribution in [0, 0.1) is 0 Å². The van der Waals surface area contributed by atoms with Crippen LogP contribution in [0.15, 0.2) is 91.0 Å². The van der Waals surface area contributed by atoms with Crippen LogP contribution in [0.4, 0.5) is 5.69 Å². The van der Waals surface area contributed by atoms with Crippen molar-refractivity contribution in [2.24, 2.45) is 0 Å². The summed E-state index contributed by atoms with van der Waals surface area (Å²) >= 11 is 6.34. The number of hydrogen-bond donors (Lipinski definition) is 2. The third kappa shape index (κ3) is 2.86. The van der Waals surface area contributed by atoms with Crippen molar-refractivity contribution < 1.29 is 0 Å². The molecule has 0 radical (unpaired) electrons. The highest BCUT2D eigenvalue weighted by molar-refractivity contribution is 6.30. The smallest absolute Gasteiger partial charge is 0.113 e. The fourth-order valence-electron chi connectivity index (χ4n) is 4.27. The number of hydrogen-bond acceptors (Lipinski definition) is 2. The molecule has 0 saturated heterocycles. The Morgan fingerprint density at radius 3 is 2.43 bits per heavy atom. The van der Waals surface area contributed by atoms with Gasteiger partial charge in [-0.05, 0) is 52.6 Å². The van der Waals surface area contributed by atoms with E-state index in [0.29, 0.717) is 0 Å². The maximum absolute atomic E-state index is 6.34. The zero-order valence-corrected chi connectivity index (χ0v) is 16.4. The van der Waals surface area contributed by atoms with Crippen LogP contribution >= 0.6 is 11.6 Å². The zero-order chi connectivity index (χ0) is 19.1. The highest BCUT2D eigenvalue weighted by atomic mass is 35.5. The van der Waals surface area contributed by atoms with Gasteiger partial charge in [-0.25, -0.2) is 0 Å². The topological polar surface area (TPSA) is 24.1 Å². The van der Waals surface area contributed by atoms with Gasteiger partial charge in [0.25, 0.3) is 0 Å². The second kappa shape index (κ2) is 6.66. The molecule has 4 aromatic carbocycles. The summed E-state index contributed by atoms with van der Waals surface area (Å²) in [5.41, 5.74) is 4.29. The molecular formula is C25H21ClN2. The molecule has 2 N–H and O–H groups in total. The van der Waals surface area contributed by atoms with Crippen molar-refractivity contribution in [1.82, 2.24) is 5.32 Å². The zero-order valence-electron chi connectivity index (χ0n) is 15.6. The molecule has 1 heterocycles. The SMILES string of the molecule is C[C@]1(c2cccc3ccccc23)Nc2ccc(Cl)cc2[C@@H](c2ccccc2)N1. The van der Waals surface area contributed by atoms with Crippen LogP contribution in [-0.2, 0) is 5.66 Å². The number of anilines is 1. The molecule has 0 aromatic heterocycles. The van der Waals surface area contributed by atoms with E-state index in [1.54, 1.807) is 0 Å². The third-order valence-corrected chi connectivity index (χ3v) is 5.84. The van der Waals surface area contributed by atoms with Gasteiger partial charge in [0.15, 0.2) is 0 Å². The van der Waals surface area contributed by atoms with Gasteiger partial charge in [-0.3, -0.25) is 5.32 Å². The van der Waals surface area contributed by atoms with Crippen molar-refractivity contribution >= 4 is 28.1 Å². The lowest BCUT2D eigenvalue weighted by Crippen LogP contribution is -2.51. The summed E-state index contributed by atoms with van der Waals surface area (Å²) in [6.45, 7) is 2.21. The van der Waals surface area contributed by atoms with E-state index in [1.807, 2.05) is 12.1 Å². The summed E-state index contributed by atoms with van der Waals surface area (Å²) < 4.78 is 0. The van der Waals surface area contributed by atoms with E-state index in [-0.39, 0.29) is 6.04 Å². The van der Waals surface area contributed by atoms with Gasteiger partial charge in [0.1, 0.15) is 5.66 Å². The highest BCUT2D eigenvalue weighted by Gasteiger charge is 2.37. The molecule has 0 spiro atoms. The first-order chi connectivity index (χ1) is 13.6. The summed E-state index contributed by atoms with van der Waals surface area (Å²) in [5.74, 6) is 0. The highest BCUT2D eigenvalue weighted by Crippen LogP contribution is 2.41. The Morgan fingerprint density at radius 1 is 0.821 bits per heavy atom. The van der Waals surface area contributed by atoms with Gasteiger partial charge in [0.05, 0.1) is 6.04 Å². The quantitative estimate of drug-likeness (QED) is 0.413. The standard InChI is InChI=1S/C25H21ClN2/c1-25(22-13-7-11-17-8-5-6-12-20(17)22)27-23-15-14-19(26)16-21(23)24(28-25)18-9-3-2-4-10-18/h2-16,24,27-28H,1H3/t24-,25+/m1/s1. The molecule has 1 aliphatic heterocycles. The lowest BCUT2D eigenvalue weighted by molar-refractivity contribution is 0.369. The lowest BCUT2D eigenvalue weighted by Gasteiger charge is -2.43. The van der Waals surface area contributed by atoms with Crippen LogP contribution in [-0.4, -0.2) is 0 Å². The fourth-order valence-corrected chi connectivity index (χ4v) is 4.45. The van der Waals surface area contributed by atoms with E-state index >= 15 is 0 Å². The third-order valence-electron chi connectivity index (χ3n) is 5.60. The van der Waals surface area contributed by atoms with E-state index in [4.69, 9.17) is 11.6 Å². The van der Waals surface area contributed by atoms with Crippen LogP contribution in [0.2, 0.25) is 5.02 Å². The van der Waals surface area contributed by atoms with E-state index in [1.165, 1.54) is 21.9 Å². The molecule has 0 aliphatic carbocycles. The number of halogens is 1. The number of rotatable bonds is 2. The second-order valence-electron chi connectivity index (χ2n) is 7.50. The first kappa shape index (κ1) is 17.3. The van der Waals surface area contributed by atoms with E-state index < -0.39 is 5.66 Å². The van der Waals surface area contributed by atoms with Crippen molar-refractivity contribution in [3.63, 3.8) is 0 Å². The van der Waals surface area contributed by atoms with Gasteiger partial charge in [-0.2, -0.15) is 0 Å². The van der Waals surface area contributed by atoms with Crippen molar-refractivity contribution in [2.45, 2.75) is 18.6 Å². The molecule has 4 aromatic rings. The van der Waals surface area contributed by atoms with Gasteiger partial charge in [-0.1, -0.05) is 84.4 Å². The van der Waals surface area contributed by atoms with Crippen molar-refractivity contribution in [3.8, 4) is 0 Å². The number of nitrogens with one attached hydrogen (secondary N) is 2. The molecule has 28 heavy (non-hydrogen) atoms. The van der Waals surface area contributed by atoms with Gasteiger partial charge in [-0.15, -0.1) is 0 Å². The Kier molecular flexibility index (Phi) is 4.12. The lowest BCUT2D eigenvalue weighted by atomic mass is 9.87. The van der Waals surface area contributed by atoms with Crippen LogP contribution < -0.4 is 10.6 Å². The molecule has 0 fully saturated rings. The van der Waals surface area contributed by atoms with Crippen molar-refractivity contribution in [3.05, 3.63) is 113 Å². The largest absolute Gasteiger partial charge is 0.363 e. The van der Waals surface area contributed by atoms with Gasteiger partial charge in [0, 0.05) is 10.7 Å². The average molecular weight is 385 g/mol. The molecule has 138 valence electrons. The molecule has 2 nitrogen and oxygen atoms in total. The van der Waals surface area contributed by atoms with Crippen LogP contribution in [0.3, 0.4) is 0 Å². The molecule has 0 unspecified atom stereocenters. The minimum Gasteiger partial charge on any atom is -0.363 e. The molecule has 0 saturated carbocycles. The van der Waals surface area contributed by atoms with Gasteiger partial charge < -0.3 is 5.32 Å². The Labute approximate surface area is 170 Å². The molecule has 0 amide bonds. The van der Waals surface area contributed by atoms with E-state index in [9.17, 15) is 0 Å². The second-order valence-corrected chi connectivity index (χ2v) is 7.93. The maximum Gasteiger partial charge on any atom is 0.113 e. The molecule has 0 bridgehead atoms. The molecule has 3 heteroatoms.